The molecule has 1 spiro atoms. The number of nitrogens with zero attached hydrogens (tertiary/aromatic N) is 3. The van der Waals surface area contributed by atoms with E-state index in [1.165, 1.54) is 6.39 Å². The van der Waals surface area contributed by atoms with E-state index in [1.54, 1.807) is 18.3 Å². The van der Waals surface area contributed by atoms with Gasteiger partial charge in [0.25, 0.3) is 5.91 Å². The first-order valence-corrected chi connectivity index (χ1v) is 10.6. The van der Waals surface area contributed by atoms with E-state index in [2.05, 4.69) is 15.3 Å². The highest BCUT2D eigenvalue weighted by molar-refractivity contribution is 7.18. The zero-order valence-electron chi connectivity index (χ0n) is 16.4. The second-order valence-corrected chi connectivity index (χ2v) is 9.32. The van der Waals surface area contributed by atoms with Gasteiger partial charge in [0, 0.05) is 24.7 Å². The topological polar surface area (TPSA) is 88.3 Å². The maximum absolute atomic E-state index is 12.8. The van der Waals surface area contributed by atoms with E-state index in [-0.39, 0.29) is 23.1 Å². The predicted octanol–water partition coefficient (Wildman–Crippen LogP) is 3.78. The summed E-state index contributed by atoms with van der Waals surface area (Å²) >= 11 is 1.65. The zero-order valence-corrected chi connectivity index (χ0v) is 17.2. The number of aromatic nitrogens is 2. The summed E-state index contributed by atoms with van der Waals surface area (Å²) in [6.45, 7) is 5.05. The Hall–Kier alpha value is -2.74. The molecule has 1 saturated carbocycles. The third kappa shape index (κ3) is 3.21. The molecule has 1 aliphatic heterocycles. The lowest BCUT2D eigenvalue weighted by Gasteiger charge is -2.32. The van der Waals surface area contributed by atoms with Gasteiger partial charge in [0.1, 0.15) is 0 Å². The molecule has 150 valence electrons. The molecular weight excluding hydrogens is 388 g/mol. The van der Waals surface area contributed by atoms with Crippen LogP contribution in [0.3, 0.4) is 0 Å². The Morgan fingerprint density at radius 3 is 2.79 bits per heavy atom. The number of amides is 2. The van der Waals surface area contributed by atoms with Crippen molar-refractivity contribution in [2.45, 2.75) is 33.1 Å². The lowest BCUT2D eigenvalue weighted by molar-refractivity contribution is -0.118. The average molecular weight is 410 g/mol. The van der Waals surface area contributed by atoms with E-state index >= 15 is 0 Å². The molecule has 0 radical (unpaired) electrons. The van der Waals surface area contributed by atoms with E-state index in [0.717, 1.165) is 40.2 Å². The number of carbonyl (C=O) groups excluding carboxylic acids is 2. The quantitative estimate of drug-likeness (QED) is 0.710. The second kappa shape index (κ2) is 6.66. The predicted molar refractivity (Wildman–Crippen MR) is 110 cm³/mol. The van der Waals surface area contributed by atoms with Crippen LogP contribution in [0.1, 0.15) is 40.5 Å². The molecule has 2 aromatic heterocycles. The lowest BCUT2D eigenvalue weighted by Crippen LogP contribution is -2.40. The highest BCUT2D eigenvalue weighted by Gasteiger charge is 2.58. The van der Waals surface area contributed by atoms with Crippen molar-refractivity contribution in [2.75, 3.05) is 18.4 Å². The minimum absolute atomic E-state index is 0.0136. The van der Waals surface area contributed by atoms with Gasteiger partial charge in [-0.1, -0.05) is 0 Å². The first-order chi connectivity index (χ1) is 13.9. The van der Waals surface area contributed by atoms with Gasteiger partial charge in [0.05, 0.1) is 20.9 Å². The fraction of sp³-hybridized carbons (Fsp3) is 0.429. The van der Waals surface area contributed by atoms with Crippen LogP contribution in [-0.2, 0) is 4.79 Å². The number of hydrogen-bond acceptors (Lipinski definition) is 6. The number of aryl methyl sites for hydroxylation is 2. The zero-order chi connectivity index (χ0) is 20.2. The molecule has 2 aliphatic rings. The van der Waals surface area contributed by atoms with Gasteiger partial charge < -0.3 is 14.6 Å². The summed E-state index contributed by atoms with van der Waals surface area (Å²) in [7, 11) is 0. The number of oxazole rings is 1. The van der Waals surface area contributed by atoms with Gasteiger partial charge >= 0.3 is 0 Å². The molecule has 8 heteroatoms. The Labute approximate surface area is 172 Å². The third-order valence-electron chi connectivity index (χ3n) is 6.25. The van der Waals surface area contributed by atoms with Crippen LogP contribution in [0, 0.1) is 25.2 Å². The summed E-state index contributed by atoms with van der Waals surface area (Å²) in [5.74, 6) is 0.295. The Bertz CT molecular complexity index is 1110. The number of piperidine rings is 1. The van der Waals surface area contributed by atoms with E-state index in [9.17, 15) is 9.59 Å². The number of benzene rings is 1. The van der Waals surface area contributed by atoms with Gasteiger partial charge in [-0.25, -0.2) is 9.97 Å². The van der Waals surface area contributed by atoms with Crippen LogP contribution in [0.25, 0.3) is 10.2 Å². The highest BCUT2D eigenvalue weighted by Crippen LogP contribution is 2.59. The monoisotopic (exact) mass is 410 g/mol. The normalized spacial score (nSPS) is 20.2. The molecule has 1 atom stereocenters. The molecule has 1 aliphatic carbocycles. The van der Waals surface area contributed by atoms with Crippen molar-refractivity contribution in [3.8, 4) is 0 Å². The SMILES string of the molecule is Cc1nc2cc(NC(=O)[C@H]3CC34CCN(C(=O)c3ocnc3C)CC4)ccc2s1. The third-order valence-corrected chi connectivity index (χ3v) is 7.21. The van der Waals surface area contributed by atoms with Crippen molar-refractivity contribution in [3.63, 3.8) is 0 Å². The molecule has 3 heterocycles. The molecule has 1 aromatic carbocycles. The number of nitrogens with one attached hydrogen (secondary N) is 1. The van der Waals surface area contributed by atoms with Crippen molar-refractivity contribution in [1.29, 1.82) is 0 Å². The molecule has 0 unspecified atom stereocenters. The number of hydrogen-bond donors (Lipinski definition) is 1. The molecule has 7 nitrogen and oxygen atoms in total. The summed E-state index contributed by atoms with van der Waals surface area (Å²) < 4.78 is 6.36. The summed E-state index contributed by atoms with van der Waals surface area (Å²) in [6.07, 6.45) is 3.88. The van der Waals surface area contributed by atoms with Crippen molar-refractivity contribution in [1.82, 2.24) is 14.9 Å². The molecule has 5 rings (SSSR count). The van der Waals surface area contributed by atoms with E-state index in [0.29, 0.717) is 24.5 Å². The summed E-state index contributed by atoms with van der Waals surface area (Å²) in [6, 6.07) is 5.88. The van der Waals surface area contributed by atoms with Crippen LogP contribution in [0.15, 0.2) is 29.0 Å². The lowest BCUT2D eigenvalue weighted by atomic mass is 9.90. The van der Waals surface area contributed by atoms with Crippen LogP contribution < -0.4 is 5.32 Å². The van der Waals surface area contributed by atoms with Gasteiger partial charge in [-0.3, -0.25) is 9.59 Å². The molecule has 29 heavy (non-hydrogen) atoms. The van der Waals surface area contributed by atoms with Crippen LogP contribution in [0.4, 0.5) is 5.69 Å². The van der Waals surface area contributed by atoms with Gasteiger partial charge in [-0.2, -0.15) is 0 Å². The summed E-state index contributed by atoms with van der Waals surface area (Å²) in [5.41, 5.74) is 2.36. The van der Waals surface area contributed by atoms with Crippen LogP contribution in [0.2, 0.25) is 0 Å². The molecule has 1 saturated heterocycles. The molecule has 3 aromatic rings. The summed E-state index contributed by atoms with van der Waals surface area (Å²) in [4.78, 5) is 35.7. The Balaban J connectivity index is 1.20. The van der Waals surface area contributed by atoms with E-state index in [4.69, 9.17) is 4.42 Å². The molecule has 0 bridgehead atoms. The number of thiazole rings is 1. The van der Waals surface area contributed by atoms with Gasteiger partial charge in [0.2, 0.25) is 11.7 Å². The Morgan fingerprint density at radius 1 is 1.28 bits per heavy atom. The van der Waals surface area contributed by atoms with Gasteiger partial charge in [-0.05, 0) is 56.7 Å². The van der Waals surface area contributed by atoms with Crippen molar-refractivity contribution in [2.24, 2.45) is 11.3 Å². The number of carbonyl (C=O) groups is 2. The van der Waals surface area contributed by atoms with Crippen LogP contribution in [0.5, 0.6) is 0 Å². The smallest absolute Gasteiger partial charge is 0.291 e. The largest absolute Gasteiger partial charge is 0.438 e. The van der Waals surface area contributed by atoms with Crippen molar-refractivity contribution in [3.05, 3.63) is 41.1 Å². The van der Waals surface area contributed by atoms with Gasteiger partial charge in [-0.15, -0.1) is 11.3 Å². The van der Waals surface area contributed by atoms with E-state index < -0.39 is 0 Å². The molecule has 2 fully saturated rings. The number of likely N-dealkylation sites (tertiary alicyclic amines) is 1. The number of rotatable bonds is 3. The van der Waals surface area contributed by atoms with E-state index in [1.807, 2.05) is 30.0 Å². The molecule has 1 N–H and O–H groups in total. The highest BCUT2D eigenvalue weighted by atomic mass is 32.1. The Morgan fingerprint density at radius 2 is 2.07 bits per heavy atom. The van der Waals surface area contributed by atoms with Crippen LogP contribution in [-0.4, -0.2) is 39.8 Å². The molecular formula is C21H22N4O3S. The average Bonchev–Trinajstić information content (AvgIpc) is 3.02. The van der Waals surface area contributed by atoms with Gasteiger partial charge in [0.15, 0.2) is 6.39 Å². The van der Waals surface area contributed by atoms with Crippen LogP contribution >= 0.6 is 11.3 Å². The first kappa shape index (κ1) is 18.3. The second-order valence-electron chi connectivity index (χ2n) is 8.08. The fourth-order valence-electron chi connectivity index (χ4n) is 4.43. The maximum Gasteiger partial charge on any atom is 0.291 e. The van der Waals surface area contributed by atoms with Crippen molar-refractivity contribution >= 4 is 39.1 Å². The first-order valence-electron chi connectivity index (χ1n) is 9.83. The maximum atomic E-state index is 12.8. The summed E-state index contributed by atoms with van der Waals surface area (Å²) in [5, 5.41) is 4.08. The Kier molecular flexibility index (Phi) is 4.20. The minimum atomic E-state index is -0.108. The molecule has 2 amide bonds. The minimum Gasteiger partial charge on any atom is -0.438 e. The number of fused-ring (bicyclic) bond motifs is 1. The number of anilines is 1. The standard InChI is InChI=1S/C21H22N4O3S/c1-12-18(28-11-22-12)20(27)25-7-5-21(6-8-25)10-15(21)19(26)24-14-3-4-17-16(9-14)23-13(2)29-17/h3-4,9,11,15H,5-8,10H2,1-2H3,(H,24,26)/t15-/m1/s1. The van der Waals surface area contributed by atoms with Crippen molar-refractivity contribution < 1.29 is 14.0 Å². The fourth-order valence-corrected chi connectivity index (χ4v) is 5.23.